The molecule has 1 unspecified atom stereocenters. The van der Waals surface area contributed by atoms with Gasteiger partial charge in [-0.15, -0.1) is 6.58 Å². The summed E-state index contributed by atoms with van der Waals surface area (Å²) in [6.07, 6.45) is 2.34. The van der Waals surface area contributed by atoms with E-state index in [1.165, 1.54) is 0 Å². The first kappa shape index (κ1) is 11.1. The van der Waals surface area contributed by atoms with Crippen LogP contribution in [-0.4, -0.2) is 17.4 Å². The third-order valence-corrected chi connectivity index (χ3v) is 3.17. The molecule has 1 aliphatic heterocycles. The minimum Gasteiger partial charge on any atom is -0.296 e. The van der Waals surface area contributed by atoms with Crippen molar-refractivity contribution >= 4 is 23.3 Å². The molecule has 1 atom stereocenters. The topological polar surface area (TPSA) is 33.2 Å². The smallest absolute Gasteiger partial charge is 0.228 e. The van der Waals surface area contributed by atoms with Crippen molar-refractivity contribution in [2.24, 2.45) is 5.92 Å². The summed E-state index contributed by atoms with van der Waals surface area (Å²) in [6, 6.07) is 3.55. The number of carbonyl (C=O) groups is 1. The van der Waals surface area contributed by atoms with Gasteiger partial charge in [0.15, 0.2) is 0 Å². The second-order valence-corrected chi connectivity index (χ2v) is 4.35. The zero-order chi connectivity index (χ0) is 11.7. The van der Waals surface area contributed by atoms with Crippen LogP contribution in [0.2, 0.25) is 5.02 Å². The molecule has 2 rings (SSSR count). The molecule has 0 aliphatic carbocycles. The fourth-order valence-corrected chi connectivity index (χ4v) is 1.90. The fourth-order valence-electron chi connectivity index (χ4n) is 1.80. The van der Waals surface area contributed by atoms with Crippen molar-refractivity contribution in [2.75, 3.05) is 11.4 Å². The fraction of sp³-hybridized carbons (Fsp3) is 0.333. The Kier molecular flexibility index (Phi) is 2.97. The Morgan fingerprint density at radius 1 is 1.62 bits per heavy atom. The van der Waals surface area contributed by atoms with Gasteiger partial charge in [-0.2, -0.15) is 0 Å². The zero-order valence-electron chi connectivity index (χ0n) is 9.11. The molecule has 0 spiro atoms. The maximum absolute atomic E-state index is 11.7. The minimum absolute atomic E-state index is 0.0964. The molecule has 1 aromatic rings. The highest BCUT2D eigenvalue weighted by atomic mass is 35.5. The van der Waals surface area contributed by atoms with Gasteiger partial charge in [-0.05, 0) is 19.1 Å². The van der Waals surface area contributed by atoms with Crippen LogP contribution < -0.4 is 4.90 Å². The summed E-state index contributed by atoms with van der Waals surface area (Å²) < 4.78 is 0. The van der Waals surface area contributed by atoms with Crippen LogP contribution >= 0.6 is 11.6 Å². The molecule has 1 amide bonds. The van der Waals surface area contributed by atoms with Crippen molar-refractivity contribution < 1.29 is 4.79 Å². The maximum atomic E-state index is 11.7. The number of amides is 1. The highest BCUT2D eigenvalue weighted by Crippen LogP contribution is 2.25. The number of aromatic nitrogens is 1. The molecule has 1 aliphatic rings. The molecule has 0 N–H and O–H groups in total. The van der Waals surface area contributed by atoms with Crippen LogP contribution in [0, 0.1) is 12.8 Å². The molecule has 2 heterocycles. The lowest BCUT2D eigenvalue weighted by atomic mass is 10.1. The van der Waals surface area contributed by atoms with Gasteiger partial charge in [0.25, 0.3) is 0 Å². The quantitative estimate of drug-likeness (QED) is 0.740. The molecule has 4 heteroatoms. The first-order valence-electron chi connectivity index (χ1n) is 5.18. The Bertz CT molecular complexity index is 445. The second-order valence-electron chi connectivity index (χ2n) is 3.94. The maximum Gasteiger partial charge on any atom is 0.228 e. The molecule has 3 nitrogen and oxygen atoms in total. The summed E-state index contributed by atoms with van der Waals surface area (Å²) in [5, 5.41) is 0.621. The van der Waals surface area contributed by atoms with Gasteiger partial charge in [0.05, 0.1) is 10.7 Å². The Labute approximate surface area is 99.7 Å². The Morgan fingerprint density at radius 3 is 2.94 bits per heavy atom. The van der Waals surface area contributed by atoms with Crippen LogP contribution in [0.1, 0.15) is 12.1 Å². The lowest BCUT2D eigenvalue weighted by Crippen LogP contribution is -2.25. The van der Waals surface area contributed by atoms with Crippen LogP contribution in [0.25, 0.3) is 0 Å². The van der Waals surface area contributed by atoms with Crippen LogP contribution in [-0.2, 0) is 4.79 Å². The lowest BCUT2D eigenvalue weighted by molar-refractivity contribution is -0.117. The molecule has 1 saturated heterocycles. The minimum atomic E-state index is 0.0964. The van der Waals surface area contributed by atoms with E-state index in [0.29, 0.717) is 23.8 Å². The summed E-state index contributed by atoms with van der Waals surface area (Å²) in [7, 11) is 0. The van der Waals surface area contributed by atoms with Gasteiger partial charge in [0.2, 0.25) is 5.91 Å². The lowest BCUT2D eigenvalue weighted by Gasteiger charge is -2.15. The van der Waals surface area contributed by atoms with Gasteiger partial charge < -0.3 is 0 Å². The third-order valence-electron chi connectivity index (χ3n) is 2.77. The highest BCUT2D eigenvalue weighted by molar-refractivity contribution is 6.31. The van der Waals surface area contributed by atoms with E-state index in [-0.39, 0.29) is 11.8 Å². The molecule has 0 saturated carbocycles. The normalized spacial score (nSPS) is 20.2. The summed E-state index contributed by atoms with van der Waals surface area (Å²) in [4.78, 5) is 17.7. The monoisotopic (exact) mass is 236 g/mol. The highest BCUT2D eigenvalue weighted by Gasteiger charge is 2.29. The predicted octanol–water partition coefficient (Wildman–Crippen LogP) is 2.58. The number of carbonyl (C=O) groups excluding carboxylic acids is 1. The summed E-state index contributed by atoms with van der Waals surface area (Å²) in [5.74, 6) is 1.00. The number of hydrogen-bond donors (Lipinski definition) is 0. The average Bonchev–Trinajstić information content (AvgIpc) is 2.64. The van der Waals surface area contributed by atoms with Crippen molar-refractivity contribution in [1.29, 1.82) is 0 Å². The number of pyridine rings is 1. The van der Waals surface area contributed by atoms with E-state index in [1.807, 2.05) is 13.0 Å². The Balaban J connectivity index is 2.27. The molecule has 84 valence electrons. The molecule has 1 aromatic heterocycles. The number of rotatable bonds is 2. The summed E-state index contributed by atoms with van der Waals surface area (Å²) in [6.45, 7) is 6.21. The Hall–Kier alpha value is -1.35. The van der Waals surface area contributed by atoms with E-state index in [2.05, 4.69) is 11.6 Å². The largest absolute Gasteiger partial charge is 0.296 e. The van der Waals surface area contributed by atoms with Crippen LogP contribution in [0.5, 0.6) is 0 Å². The zero-order valence-corrected chi connectivity index (χ0v) is 9.87. The van der Waals surface area contributed by atoms with Gasteiger partial charge in [-0.3, -0.25) is 9.69 Å². The number of nitrogens with zero attached hydrogens (tertiary/aromatic N) is 2. The first-order valence-corrected chi connectivity index (χ1v) is 5.55. The van der Waals surface area contributed by atoms with Crippen molar-refractivity contribution in [1.82, 2.24) is 4.98 Å². The third kappa shape index (κ3) is 1.95. The van der Waals surface area contributed by atoms with Gasteiger partial charge in [0, 0.05) is 18.9 Å². The molecule has 16 heavy (non-hydrogen) atoms. The van der Waals surface area contributed by atoms with E-state index >= 15 is 0 Å². The summed E-state index contributed by atoms with van der Waals surface area (Å²) >= 11 is 5.90. The molecule has 0 radical (unpaired) electrons. The predicted molar refractivity (Wildman–Crippen MR) is 64.6 cm³/mol. The first-order chi connectivity index (χ1) is 7.61. The van der Waals surface area contributed by atoms with Crippen molar-refractivity contribution in [2.45, 2.75) is 13.3 Å². The molecule has 0 aromatic carbocycles. The molecular weight excluding hydrogens is 224 g/mol. The van der Waals surface area contributed by atoms with E-state index in [4.69, 9.17) is 11.6 Å². The van der Waals surface area contributed by atoms with Crippen LogP contribution in [0.15, 0.2) is 24.8 Å². The number of anilines is 1. The summed E-state index contributed by atoms with van der Waals surface area (Å²) in [5.41, 5.74) is 0.744. The van der Waals surface area contributed by atoms with E-state index in [0.717, 1.165) is 5.69 Å². The van der Waals surface area contributed by atoms with Gasteiger partial charge >= 0.3 is 0 Å². The van der Waals surface area contributed by atoms with Gasteiger partial charge in [-0.1, -0.05) is 17.7 Å². The second kappa shape index (κ2) is 4.26. The van der Waals surface area contributed by atoms with Crippen LogP contribution in [0.3, 0.4) is 0 Å². The SMILES string of the molecule is C=CC1CC(=O)N(c2ccc(Cl)c(C)n2)C1. The average molecular weight is 237 g/mol. The number of halogens is 1. The van der Waals surface area contributed by atoms with Crippen molar-refractivity contribution in [3.63, 3.8) is 0 Å². The Morgan fingerprint density at radius 2 is 2.38 bits per heavy atom. The van der Waals surface area contributed by atoms with Gasteiger partial charge in [0.1, 0.15) is 5.82 Å². The van der Waals surface area contributed by atoms with E-state index in [9.17, 15) is 4.79 Å². The van der Waals surface area contributed by atoms with Crippen molar-refractivity contribution in [3.8, 4) is 0 Å². The van der Waals surface area contributed by atoms with E-state index in [1.54, 1.807) is 17.0 Å². The number of hydrogen-bond acceptors (Lipinski definition) is 2. The van der Waals surface area contributed by atoms with Crippen molar-refractivity contribution in [3.05, 3.63) is 35.5 Å². The van der Waals surface area contributed by atoms with E-state index < -0.39 is 0 Å². The molecule has 1 fully saturated rings. The standard InChI is InChI=1S/C12H13ClN2O/c1-3-9-6-12(16)15(7-9)11-5-4-10(13)8(2)14-11/h3-5,9H,1,6-7H2,2H3. The van der Waals surface area contributed by atoms with Gasteiger partial charge in [-0.25, -0.2) is 4.98 Å². The molecular formula is C12H13ClN2O. The molecule has 0 bridgehead atoms. The van der Waals surface area contributed by atoms with Crippen LogP contribution in [0.4, 0.5) is 5.82 Å². The number of aryl methyl sites for hydroxylation is 1.